The lowest BCUT2D eigenvalue weighted by atomic mass is 10.1. The molecule has 5 unspecified atom stereocenters. The maximum absolute atomic E-state index is 10.6. The molecule has 2 aromatic heterocycles. The van der Waals surface area contributed by atoms with E-state index in [9.17, 15) is 10.2 Å². The number of hydrogen-bond acceptors (Lipinski definition) is 10. The van der Waals surface area contributed by atoms with E-state index in [-0.39, 0.29) is 23.9 Å². The third kappa shape index (κ3) is 4.32. The van der Waals surface area contributed by atoms with Gasteiger partial charge < -0.3 is 35.1 Å². The number of anilines is 1. The Labute approximate surface area is 178 Å². The molecule has 0 bridgehead atoms. The van der Waals surface area contributed by atoms with E-state index in [0.29, 0.717) is 30.2 Å². The molecule has 2 aliphatic heterocycles. The predicted octanol–water partition coefficient (Wildman–Crippen LogP) is -0.0542. The first kappa shape index (κ1) is 21.1. The maximum Gasteiger partial charge on any atom is 0.256 e. The van der Waals surface area contributed by atoms with Crippen molar-refractivity contribution in [1.29, 1.82) is 0 Å². The average Bonchev–Trinajstić information content (AvgIpc) is 3.42. The first-order chi connectivity index (χ1) is 14.4. The minimum absolute atomic E-state index is 0.00335. The minimum atomic E-state index is -1.18. The maximum atomic E-state index is 10.6. The quantitative estimate of drug-likeness (QED) is 0.452. The third-order valence-electron chi connectivity index (χ3n) is 5.03. The molecule has 2 saturated heterocycles. The van der Waals surface area contributed by atoms with Crippen molar-refractivity contribution in [2.45, 2.75) is 56.9 Å². The van der Waals surface area contributed by atoms with Gasteiger partial charge in [-0.2, -0.15) is 0 Å². The molecular formula is C18H26N6O5S. The van der Waals surface area contributed by atoms with Crippen LogP contribution in [0.2, 0.25) is 0 Å². The van der Waals surface area contributed by atoms with Crippen LogP contribution < -0.4 is 10.6 Å². The van der Waals surface area contributed by atoms with Crippen LogP contribution in [0.1, 0.15) is 26.5 Å². The number of nitrogens with one attached hydrogen (secondary N) is 2. The molecule has 0 aromatic carbocycles. The van der Waals surface area contributed by atoms with E-state index in [1.165, 1.54) is 12.7 Å². The molecule has 2 aromatic rings. The molecule has 4 N–H and O–H groups in total. The van der Waals surface area contributed by atoms with Crippen molar-refractivity contribution in [2.24, 2.45) is 0 Å². The molecule has 4 rings (SSSR count). The van der Waals surface area contributed by atoms with Crippen LogP contribution in [0.5, 0.6) is 0 Å². The molecule has 0 amide bonds. The average molecular weight is 439 g/mol. The van der Waals surface area contributed by atoms with E-state index in [2.05, 4.69) is 25.6 Å². The number of thiocarbonyl (C=S) groups is 1. The lowest BCUT2D eigenvalue weighted by Gasteiger charge is -2.18. The number of rotatable bonds is 6. The predicted molar refractivity (Wildman–Crippen MR) is 111 cm³/mol. The number of aliphatic hydroxyl groups excluding tert-OH is 2. The van der Waals surface area contributed by atoms with Crippen LogP contribution in [0.4, 0.5) is 5.82 Å². The second-order valence-corrected chi connectivity index (χ2v) is 8.07. The number of nitrogens with zero attached hydrogens (tertiary/aromatic N) is 4. The Morgan fingerprint density at radius 1 is 1.33 bits per heavy atom. The zero-order valence-corrected chi connectivity index (χ0v) is 17.6. The number of hydrogen-bond donors (Lipinski definition) is 4. The van der Waals surface area contributed by atoms with Crippen molar-refractivity contribution in [3.8, 4) is 0 Å². The standard InChI is InChI=1S/C18H26N6O5S/c1-9(2)22-18(30)28-6-11-13(25)14(26)17(29-11)24-8-21-12-15(19-7-20-16(12)24)23-10-3-4-27-5-10/h7-11,13-14,17,25-26H,3-6H2,1-2H3,(H,22,30)(H,19,20,23). The van der Waals surface area contributed by atoms with Gasteiger partial charge in [-0.05, 0) is 32.5 Å². The van der Waals surface area contributed by atoms with Crippen molar-refractivity contribution in [3.63, 3.8) is 0 Å². The zero-order valence-electron chi connectivity index (χ0n) is 16.8. The summed E-state index contributed by atoms with van der Waals surface area (Å²) in [6.07, 6.45) is -0.135. The Morgan fingerprint density at radius 3 is 2.90 bits per heavy atom. The molecular weight excluding hydrogens is 412 g/mol. The molecule has 30 heavy (non-hydrogen) atoms. The lowest BCUT2D eigenvalue weighted by Crippen LogP contribution is -2.37. The molecule has 0 saturated carbocycles. The van der Waals surface area contributed by atoms with Gasteiger partial charge in [-0.3, -0.25) is 4.57 Å². The largest absolute Gasteiger partial charge is 0.468 e. The number of imidazole rings is 1. The van der Waals surface area contributed by atoms with Gasteiger partial charge in [0.1, 0.15) is 31.2 Å². The van der Waals surface area contributed by atoms with Crippen LogP contribution >= 0.6 is 12.2 Å². The molecule has 0 aliphatic carbocycles. The number of aromatic nitrogens is 4. The van der Waals surface area contributed by atoms with Crippen molar-refractivity contribution in [3.05, 3.63) is 12.7 Å². The molecule has 0 spiro atoms. The highest BCUT2D eigenvalue weighted by atomic mass is 32.1. The second-order valence-electron chi connectivity index (χ2n) is 7.69. The SMILES string of the molecule is CC(C)NC(=S)OCC1OC(n2cnc3c(NC4CCOC4)ncnc32)C(O)C1O. The van der Waals surface area contributed by atoms with Crippen LogP contribution in [-0.2, 0) is 14.2 Å². The van der Waals surface area contributed by atoms with Gasteiger partial charge >= 0.3 is 0 Å². The highest BCUT2D eigenvalue weighted by Gasteiger charge is 2.45. The number of aliphatic hydroxyl groups is 2. The van der Waals surface area contributed by atoms with Crippen molar-refractivity contribution in [2.75, 3.05) is 25.1 Å². The van der Waals surface area contributed by atoms with Crippen LogP contribution in [0.15, 0.2) is 12.7 Å². The fourth-order valence-electron chi connectivity index (χ4n) is 3.52. The van der Waals surface area contributed by atoms with E-state index >= 15 is 0 Å². The Balaban J connectivity index is 1.48. The molecule has 5 atom stereocenters. The Morgan fingerprint density at radius 2 is 2.17 bits per heavy atom. The Kier molecular flexibility index (Phi) is 6.29. The van der Waals surface area contributed by atoms with Gasteiger partial charge in [0.15, 0.2) is 23.2 Å². The van der Waals surface area contributed by atoms with Gasteiger partial charge in [0.25, 0.3) is 5.17 Å². The summed E-state index contributed by atoms with van der Waals surface area (Å²) < 4.78 is 18.3. The van der Waals surface area contributed by atoms with Crippen LogP contribution in [-0.4, -0.2) is 85.1 Å². The van der Waals surface area contributed by atoms with Crippen molar-refractivity contribution < 1.29 is 24.4 Å². The van der Waals surface area contributed by atoms with E-state index in [1.54, 1.807) is 4.57 Å². The molecule has 12 heteroatoms. The van der Waals surface area contributed by atoms with Crippen LogP contribution in [0, 0.1) is 0 Å². The number of fused-ring (bicyclic) bond motifs is 1. The summed E-state index contributed by atoms with van der Waals surface area (Å²) >= 11 is 5.10. The zero-order chi connectivity index (χ0) is 21.3. The summed E-state index contributed by atoms with van der Waals surface area (Å²) in [4.78, 5) is 13.0. The molecule has 164 valence electrons. The van der Waals surface area contributed by atoms with E-state index in [4.69, 9.17) is 26.4 Å². The fraction of sp³-hybridized carbons (Fsp3) is 0.667. The molecule has 2 fully saturated rings. The first-order valence-electron chi connectivity index (χ1n) is 9.90. The molecule has 4 heterocycles. The van der Waals surface area contributed by atoms with Crippen molar-refractivity contribution >= 4 is 34.4 Å². The topological polar surface area (TPSA) is 136 Å². The van der Waals surface area contributed by atoms with Crippen LogP contribution in [0.3, 0.4) is 0 Å². The molecule has 11 nitrogen and oxygen atoms in total. The Bertz CT molecular complexity index is 889. The summed E-state index contributed by atoms with van der Waals surface area (Å²) in [5, 5.41) is 27.5. The molecule has 0 radical (unpaired) electrons. The molecule has 2 aliphatic rings. The van der Waals surface area contributed by atoms with Gasteiger partial charge in [0, 0.05) is 12.6 Å². The van der Waals surface area contributed by atoms with Gasteiger partial charge in [-0.25, -0.2) is 15.0 Å². The normalized spacial score (nSPS) is 28.9. The lowest BCUT2D eigenvalue weighted by molar-refractivity contribution is -0.0491. The summed E-state index contributed by atoms with van der Waals surface area (Å²) in [6, 6.07) is 0.286. The summed E-state index contributed by atoms with van der Waals surface area (Å²) in [5.41, 5.74) is 1.04. The van der Waals surface area contributed by atoms with Crippen LogP contribution in [0.25, 0.3) is 11.2 Å². The summed E-state index contributed by atoms with van der Waals surface area (Å²) in [5.74, 6) is 0.590. The van der Waals surface area contributed by atoms with Gasteiger partial charge in [0.2, 0.25) is 0 Å². The fourth-order valence-corrected chi connectivity index (χ4v) is 3.82. The highest BCUT2D eigenvalue weighted by Crippen LogP contribution is 2.32. The van der Waals surface area contributed by atoms with E-state index < -0.39 is 24.5 Å². The second kappa shape index (κ2) is 8.94. The summed E-state index contributed by atoms with van der Waals surface area (Å²) in [7, 11) is 0. The smallest absolute Gasteiger partial charge is 0.256 e. The minimum Gasteiger partial charge on any atom is -0.468 e. The third-order valence-corrected chi connectivity index (χ3v) is 5.26. The van der Waals surface area contributed by atoms with Crippen molar-refractivity contribution in [1.82, 2.24) is 24.8 Å². The first-order valence-corrected chi connectivity index (χ1v) is 10.3. The Hall–Kier alpha value is -2.12. The monoisotopic (exact) mass is 438 g/mol. The van der Waals surface area contributed by atoms with Gasteiger partial charge in [-0.1, -0.05) is 0 Å². The van der Waals surface area contributed by atoms with Gasteiger partial charge in [0.05, 0.1) is 19.0 Å². The van der Waals surface area contributed by atoms with E-state index in [1.807, 2.05) is 13.8 Å². The highest BCUT2D eigenvalue weighted by molar-refractivity contribution is 7.80. The number of ether oxygens (including phenoxy) is 3. The summed E-state index contributed by atoms with van der Waals surface area (Å²) in [6.45, 7) is 5.19. The van der Waals surface area contributed by atoms with E-state index in [0.717, 1.165) is 6.42 Å². The van der Waals surface area contributed by atoms with Gasteiger partial charge in [-0.15, -0.1) is 0 Å².